The van der Waals surface area contributed by atoms with Crippen LogP contribution < -0.4 is 5.32 Å². The molecule has 0 bridgehead atoms. The van der Waals surface area contributed by atoms with E-state index in [0.717, 1.165) is 17.7 Å². The van der Waals surface area contributed by atoms with Crippen LogP contribution in [-0.4, -0.2) is 10.8 Å². The minimum absolute atomic E-state index is 0.00821. The van der Waals surface area contributed by atoms with Crippen LogP contribution in [0, 0.1) is 10.1 Å². The first-order valence-corrected chi connectivity index (χ1v) is 7.90. The summed E-state index contributed by atoms with van der Waals surface area (Å²) in [6.07, 6.45) is 0. The zero-order chi connectivity index (χ0) is 18.1. The third kappa shape index (κ3) is 4.04. The molecule has 0 saturated heterocycles. The molecule has 2 aromatic carbocycles. The molecule has 24 heavy (non-hydrogen) atoms. The quantitative estimate of drug-likeness (QED) is 0.579. The minimum atomic E-state index is -0.603. The summed E-state index contributed by atoms with van der Waals surface area (Å²) in [5, 5.41) is 13.4. The fourth-order valence-electron chi connectivity index (χ4n) is 2.09. The number of nitrogens with zero attached hydrogens (tertiary/aromatic N) is 1. The lowest BCUT2D eigenvalue weighted by Gasteiger charge is -2.19. The smallest absolute Gasteiger partial charge is 0.272 e. The predicted octanol–water partition coefficient (Wildman–Crippen LogP) is 5.45. The molecule has 0 fully saturated rings. The van der Waals surface area contributed by atoms with Gasteiger partial charge in [-0.3, -0.25) is 14.9 Å². The summed E-state index contributed by atoms with van der Waals surface area (Å²) < 4.78 is 0. The first kappa shape index (κ1) is 18.2. The number of non-ortho nitro benzene ring substituents is 1. The van der Waals surface area contributed by atoms with Gasteiger partial charge in [0.15, 0.2) is 0 Å². The number of anilines is 1. The van der Waals surface area contributed by atoms with Crippen LogP contribution in [0.15, 0.2) is 36.4 Å². The Morgan fingerprint density at radius 3 is 2.00 bits per heavy atom. The summed E-state index contributed by atoms with van der Waals surface area (Å²) in [5.41, 5.74) is 1.44. The van der Waals surface area contributed by atoms with Crippen molar-refractivity contribution in [1.82, 2.24) is 0 Å². The van der Waals surface area contributed by atoms with Crippen LogP contribution in [0.1, 0.15) is 36.7 Å². The Balaban J connectivity index is 2.25. The van der Waals surface area contributed by atoms with Crippen molar-refractivity contribution in [2.24, 2.45) is 0 Å². The lowest BCUT2D eigenvalue weighted by atomic mass is 9.87. The monoisotopic (exact) mass is 366 g/mol. The second-order valence-electron chi connectivity index (χ2n) is 6.32. The number of nitro benzene ring substituents is 1. The summed E-state index contributed by atoms with van der Waals surface area (Å²) in [6.45, 7) is 6.25. The highest BCUT2D eigenvalue weighted by atomic mass is 35.5. The van der Waals surface area contributed by atoms with Crippen LogP contribution in [0.5, 0.6) is 0 Å². The standard InChI is InChI=1S/C17H16Cl2N2O3/c1-17(2,3)11-6-4-10(5-7-11)16(22)20-15-13(18)8-12(21(23)24)9-14(15)19/h4-9H,1-3H3,(H,20,22). The Bertz CT molecular complexity index is 773. The van der Waals surface area contributed by atoms with Crippen molar-refractivity contribution >= 4 is 40.5 Å². The average Bonchev–Trinajstić information content (AvgIpc) is 2.49. The summed E-state index contributed by atoms with van der Waals surface area (Å²) in [7, 11) is 0. The van der Waals surface area contributed by atoms with E-state index in [0.29, 0.717) is 5.56 Å². The molecule has 1 N–H and O–H groups in total. The second kappa shape index (κ2) is 6.79. The summed E-state index contributed by atoms with van der Waals surface area (Å²) in [4.78, 5) is 22.5. The molecule has 0 heterocycles. The molecule has 2 aromatic rings. The van der Waals surface area contributed by atoms with Gasteiger partial charge in [0.05, 0.1) is 20.7 Å². The van der Waals surface area contributed by atoms with Gasteiger partial charge in [0.2, 0.25) is 0 Å². The number of halogens is 2. The van der Waals surface area contributed by atoms with Crippen molar-refractivity contribution in [3.05, 3.63) is 67.7 Å². The van der Waals surface area contributed by atoms with Gasteiger partial charge >= 0.3 is 0 Å². The van der Waals surface area contributed by atoms with E-state index in [-0.39, 0.29) is 26.8 Å². The normalized spacial score (nSPS) is 11.2. The van der Waals surface area contributed by atoms with Gasteiger partial charge in [0, 0.05) is 17.7 Å². The van der Waals surface area contributed by atoms with Gasteiger partial charge in [-0.25, -0.2) is 0 Å². The number of hydrogen-bond acceptors (Lipinski definition) is 3. The van der Waals surface area contributed by atoms with Gasteiger partial charge in [0.25, 0.3) is 11.6 Å². The number of nitrogens with one attached hydrogen (secondary N) is 1. The van der Waals surface area contributed by atoms with Crippen molar-refractivity contribution in [2.75, 3.05) is 5.32 Å². The van der Waals surface area contributed by atoms with Crippen LogP contribution >= 0.6 is 23.2 Å². The van der Waals surface area contributed by atoms with Crippen LogP contribution in [0.4, 0.5) is 11.4 Å². The van der Waals surface area contributed by atoms with Gasteiger partial charge in [0.1, 0.15) is 0 Å². The number of amides is 1. The van der Waals surface area contributed by atoms with E-state index in [1.165, 1.54) is 0 Å². The lowest BCUT2D eigenvalue weighted by Crippen LogP contribution is -2.14. The number of rotatable bonds is 3. The molecule has 0 saturated carbocycles. The Hall–Kier alpha value is -2.11. The Kier molecular flexibility index (Phi) is 5.16. The molecule has 0 aliphatic carbocycles. The number of carbonyl (C=O) groups excluding carboxylic acids is 1. The Morgan fingerprint density at radius 2 is 1.58 bits per heavy atom. The fraction of sp³-hybridized carbons (Fsp3) is 0.235. The molecule has 0 aliphatic heterocycles. The number of nitro groups is 1. The van der Waals surface area contributed by atoms with Gasteiger partial charge in [-0.2, -0.15) is 0 Å². The highest BCUT2D eigenvalue weighted by molar-refractivity contribution is 6.40. The molecule has 1 amide bonds. The molecule has 2 rings (SSSR count). The third-order valence-electron chi connectivity index (χ3n) is 3.49. The van der Waals surface area contributed by atoms with Crippen LogP contribution in [0.2, 0.25) is 10.0 Å². The second-order valence-corrected chi connectivity index (χ2v) is 7.14. The maximum atomic E-state index is 12.3. The van der Waals surface area contributed by atoms with Crippen LogP contribution in [0.3, 0.4) is 0 Å². The Labute approximate surface area is 149 Å². The Morgan fingerprint density at radius 1 is 1.08 bits per heavy atom. The highest BCUT2D eigenvalue weighted by Crippen LogP contribution is 2.35. The third-order valence-corrected chi connectivity index (χ3v) is 4.09. The van der Waals surface area contributed by atoms with E-state index >= 15 is 0 Å². The van der Waals surface area contributed by atoms with Crippen LogP contribution in [-0.2, 0) is 5.41 Å². The van der Waals surface area contributed by atoms with E-state index in [9.17, 15) is 14.9 Å². The summed E-state index contributed by atoms with van der Waals surface area (Å²) >= 11 is 12.0. The molecule has 126 valence electrons. The summed E-state index contributed by atoms with van der Waals surface area (Å²) in [5.74, 6) is -0.395. The SMILES string of the molecule is CC(C)(C)c1ccc(C(=O)Nc2c(Cl)cc([N+](=O)[O-])cc2Cl)cc1. The highest BCUT2D eigenvalue weighted by Gasteiger charge is 2.18. The molecule has 0 atom stereocenters. The molecule has 5 nitrogen and oxygen atoms in total. The van der Waals surface area contributed by atoms with Crippen molar-refractivity contribution in [2.45, 2.75) is 26.2 Å². The lowest BCUT2D eigenvalue weighted by molar-refractivity contribution is -0.384. The molecule has 0 aromatic heterocycles. The largest absolute Gasteiger partial charge is 0.319 e. The van der Waals surface area contributed by atoms with Crippen molar-refractivity contribution in [1.29, 1.82) is 0 Å². The maximum Gasteiger partial charge on any atom is 0.272 e. The average molecular weight is 367 g/mol. The molecule has 0 unspecified atom stereocenters. The molecule has 0 aliphatic rings. The minimum Gasteiger partial charge on any atom is -0.319 e. The van der Waals surface area contributed by atoms with Crippen LogP contribution in [0.25, 0.3) is 0 Å². The predicted molar refractivity (Wildman–Crippen MR) is 96.2 cm³/mol. The van der Waals surface area contributed by atoms with E-state index in [1.807, 2.05) is 12.1 Å². The van der Waals surface area contributed by atoms with Gasteiger partial charge in [-0.1, -0.05) is 56.1 Å². The molecular weight excluding hydrogens is 351 g/mol. The van der Waals surface area contributed by atoms with Crippen molar-refractivity contribution in [3.8, 4) is 0 Å². The molecule has 0 spiro atoms. The van der Waals surface area contributed by atoms with E-state index in [2.05, 4.69) is 26.1 Å². The fourth-order valence-corrected chi connectivity index (χ4v) is 2.66. The first-order valence-electron chi connectivity index (χ1n) is 7.15. The number of benzene rings is 2. The summed E-state index contributed by atoms with van der Waals surface area (Å²) in [6, 6.07) is 9.48. The zero-order valence-electron chi connectivity index (χ0n) is 13.4. The molecular formula is C17H16Cl2N2O3. The molecule has 7 heteroatoms. The number of hydrogen-bond donors (Lipinski definition) is 1. The van der Waals surface area contributed by atoms with Gasteiger partial charge in [-0.05, 0) is 23.1 Å². The number of carbonyl (C=O) groups is 1. The van der Waals surface area contributed by atoms with E-state index in [4.69, 9.17) is 23.2 Å². The van der Waals surface area contributed by atoms with E-state index in [1.54, 1.807) is 12.1 Å². The van der Waals surface area contributed by atoms with Gasteiger partial charge in [-0.15, -0.1) is 0 Å². The molecule has 0 radical (unpaired) electrons. The van der Waals surface area contributed by atoms with E-state index < -0.39 is 10.8 Å². The van der Waals surface area contributed by atoms with Crippen molar-refractivity contribution < 1.29 is 9.72 Å². The maximum absolute atomic E-state index is 12.3. The zero-order valence-corrected chi connectivity index (χ0v) is 14.9. The van der Waals surface area contributed by atoms with Crippen molar-refractivity contribution in [3.63, 3.8) is 0 Å². The topological polar surface area (TPSA) is 72.2 Å². The van der Waals surface area contributed by atoms with Gasteiger partial charge < -0.3 is 5.32 Å². The first-order chi connectivity index (χ1) is 11.1.